The largest absolute Gasteiger partial charge is 0.487 e. The Morgan fingerprint density at radius 3 is 2.91 bits per heavy atom. The second-order valence-electron chi connectivity index (χ2n) is 7.88. The molecular formula is C22H25N5O5. The highest BCUT2D eigenvalue weighted by atomic mass is 16.6. The SMILES string of the molecule is CCOc1ccc(-c2nc3ccc(N)cn3c2CN2CCCC(C(=O)O)C2)cc1[N+](=O)[O-]. The number of fused-ring (bicyclic) bond motifs is 1. The number of likely N-dealkylation sites (tertiary alicyclic amines) is 1. The van der Waals surface area contributed by atoms with Crippen LogP contribution >= 0.6 is 0 Å². The van der Waals surface area contributed by atoms with E-state index in [1.807, 2.05) is 4.40 Å². The highest BCUT2D eigenvalue weighted by Crippen LogP contribution is 2.35. The van der Waals surface area contributed by atoms with Crippen molar-refractivity contribution in [3.63, 3.8) is 0 Å². The smallest absolute Gasteiger partial charge is 0.311 e. The first-order valence-corrected chi connectivity index (χ1v) is 10.5. The van der Waals surface area contributed by atoms with Gasteiger partial charge in [0.05, 0.1) is 28.8 Å². The summed E-state index contributed by atoms with van der Waals surface area (Å²) in [6.07, 6.45) is 3.21. The van der Waals surface area contributed by atoms with E-state index >= 15 is 0 Å². The van der Waals surface area contributed by atoms with Gasteiger partial charge in [0.2, 0.25) is 0 Å². The van der Waals surface area contributed by atoms with Crippen molar-refractivity contribution >= 4 is 23.0 Å². The lowest BCUT2D eigenvalue weighted by molar-refractivity contribution is -0.385. The highest BCUT2D eigenvalue weighted by Gasteiger charge is 2.27. The Bertz CT molecular complexity index is 1170. The van der Waals surface area contributed by atoms with Crippen molar-refractivity contribution in [2.45, 2.75) is 26.3 Å². The summed E-state index contributed by atoms with van der Waals surface area (Å²) in [6, 6.07) is 8.35. The molecule has 3 heterocycles. The molecule has 10 heteroatoms. The molecule has 168 valence electrons. The van der Waals surface area contributed by atoms with E-state index < -0.39 is 16.8 Å². The quantitative estimate of drug-likeness (QED) is 0.423. The number of pyridine rings is 1. The number of ether oxygens (including phenoxy) is 1. The Hall–Kier alpha value is -3.66. The number of piperidine rings is 1. The van der Waals surface area contributed by atoms with E-state index in [0.717, 1.165) is 18.7 Å². The van der Waals surface area contributed by atoms with Crippen LogP contribution in [-0.4, -0.2) is 50.0 Å². The summed E-state index contributed by atoms with van der Waals surface area (Å²) in [6.45, 7) is 3.74. The first-order chi connectivity index (χ1) is 15.4. The van der Waals surface area contributed by atoms with E-state index in [9.17, 15) is 20.0 Å². The third-order valence-electron chi connectivity index (χ3n) is 5.70. The minimum atomic E-state index is -0.792. The average molecular weight is 439 g/mol. The lowest BCUT2D eigenvalue weighted by atomic mass is 9.98. The number of aromatic nitrogens is 2. The predicted molar refractivity (Wildman–Crippen MR) is 119 cm³/mol. The number of anilines is 1. The van der Waals surface area contributed by atoms with E-state index in [2.05, 4.69) is 4.90 Å². The number of nitrogens with zero attached hydrogens (tertiary/aromatic N) is 4. The number of nitrogens with two attached hydrogens (primary N) is 1. The Morgan fingerprint density at radius 1 is 1.38 bits per heavy atom. The van der Waals surface area contributed by atoms with Gasteiger partial charge in [0, 0.05) is 36.6 Å². The molecular weight excluding hydrogens is 414 g/mol. The summed E-state index contributed by atoms with van der Waals surface area (Å²) in [5.41, 5.74) is 9.08. The maximum atomic E-state index is 11.6. The number of nitro groups is 1. The van der Waals surface area contributed by atoms with Crippen LogP contribution in [0.3, 0.4) is 0 Å². The number of hydrogen-bond donors (Lipinski definition) is 2. The van der Waals surface area contributed by atoms with Crippen LogP contribution in [0.2, 0.25) is 0 Å². The number of hydrogen-bond acceptors (Lipinski definition) is 7. The number of nitrogen functional groups attached to an aromatic ring is 1. The molecule has 32 heavy (non-hydrogen) atoms. The first-order valence-electron chi connectivity index (χ1n) is 10.5. The number of carboxylic acids is 1. The monoisotopic (exact) mass is 439 g/mol. The minimum absolute atomic E-state index is 0.129. The van der Waals surface area contributed by atoms with Crippen LogP contribution in [0.1, 0.15) is 25.5 Å². The van der Waals surface area contributed by atoms with Crippen molar-refractivity contribution in [1.82, 2.24) is 14.3 Å². The van der Waals surface area contributed by atoms with Crippen molar-refractivity contribution in [3.05, 3.63) is 52.3 Å². The minimum Gasteiger partial charge on any atom is -0.487 e. The highest BCUT2D eigenvalue weighted by molar-refractivity contribution is 5.72. The van der Waals surface area contributed by atoms with Crippen molar-refractivity contribution in [3.8, 4) is 17.0 Å². The molecule has 1 unspecified atom stereocenters. The van der Waals surface area contributed by atoms with Crippen LogP contribution in [0.15, 0.2) is 36.5 Å². The number of aliphatic carboxylic acids is 1. The van der Waals surface area contributed by atoms with Crippen LogP contribution in [0, 0.1) is 16.0 Å². The van der Waals surface area contributed by atoms with E-state index in [4.69, 9.17) is 15.5 Å². The molecule has 1 fully saturated rings. The number of imidazole rings is 1. The lowest BCUT2D eigenvalue weighted by Crippen LogP contribution is -2.38. The molecule has 1 atom stereocenters. The zero-order valence-electron chi connectivity index (χ0n) is 17.7. The molecule has 2 aromatic heterocycles. The fraction of sp³-hybridized carbons (Fsp3) is 0.364. The van der Waals surface area contributed by atoms with Gasteiger partial charge < -0.3 is 20.0 Å². The molecule has 1 aliphatic rings. The third kappa shape index (κ3) is 4.22. The Labute approximate surface area is 184 Å². The summed E-state index contributed by atoms with van der Waals surface area (Å²) >= 11 is 0. The van der Waals surface area contributed by atoms with Crippen LogP contribution in [-0.2, 0) is 11.3 Å². The van der Waals surface area contributed by atoms with Gasteiger partial charge in [-0.1, -0.05) is 0 Å². The predicted octanol–water partition coefficient (Wildman–Crippen LogP) is 3.19. The summed E-state index contributed by atoms with van der Waals surface area (Å²) in [5, 5.41) is 21.1. The normalized spacial score (nSPS) is 16.8. The van der Waals surface area contributed by atoms with Gasteiger partial charge in [0.25, 0.3) is 0 Å². The second-order valence-corrected chi connectivity index (χ2v) is 7.88. The van der Waals surface area contributed by atoms with Crippen LogP contribution in [0.25, 0.3) is 16.9 Å². The number of carbonyl (C=O) groups is 1. The zero-order chi connectivity index (χ0) is 22.8. The van der Waals surface area contributed by atoms with Gasteiger partial charge in [-0.15, -0.1) is 0 Å². The number of carboxylic acid groups (broad SMARTS) is 1. The molecule has 4 rings (SSSR count). The summed E-state index contributed by atoms with van der Waals surface area (Å²) < 4.78 is 7.27. The van der Waals surface area contributed by atoms with Gasteiger partial charge in [-0.3, -0.25) is 19.8 Å². The van der Waals surface area contributed by atoms with Gasteiger partial charge >= 0.3 is 11.7 Å². The van der Waals surface area contributed by atoms with Crippen molar-refractivity contribution in [1.29, 1.82) is 0 Å². The topological polar surface area (TPSA) is 136 Å². The molecule has 0 aliphatic carbocycles. The second kappa shape index (κ2) is 8.83. The summed E-state index contributed by atoms with van der Waals surface area (Å²) in [5.74, 6) is -1.00. The van der Waals surface area contributed by atoms with E-state index in [1.165, 1.54) is 6.07 Å². The van der Waals surface area contributed by atoms with Gasteiger partial charge in [-0.2, -0.15) is 0 Å². The molecule has 0 radical (unpaired) electrons. The van der Waals surface area contributed by atoms with Crippen molar-refractivity contribution in [2.75, 3.05) is 25.4 Å². The number of benzene rings is 1. The lowest BCUT2D eigenvalue weighted by Gasteiger charge is -2.30. The standard InChI is InChI=1S/C22H25N5O5/c1-2-32-19-7-5-14(10-17(19)27(30)31)21-18(26-12-16(23)6-8-20(26)24-21)13-25-9-3-4-15(11-25)22(28)29/h5-8,10,12,15H,2-4,9,11,13,23H2,1H3,(H,28,29). The van der Waals surface area contributed by atoms with Gasteiger partial charge in [-0.25, -0.2) is 4.98 Å². The molecule has 10 nitrogen and oxygen atoms in total. The maximum absolute atomic E-state index is 11.6. The molecule has 1 aromatic carbocycles. The third-order valence-corrected chi connectivity index (χ3v) is 5.70. The van der Waals surface area contributed by atoms with Crippen LogP contribution < -0.4 is 10.5 Å². The molecule has 1 saturated heterocycles. The Morgan fingerprint density at radius 2 is 2.19 bits per heavy atom. The van der Waals surface area contributed by atoms with E-state index in [-0.39, 0.29) is 11.4 Å². The summed E-state index contributed by atoms with van der Waals surface area (Å²) in [7, 11) is 0. The first kappa shape index (κ1) is 21.6. The van der Waals surface area contributed by atoms with Crippen molar-refractivity contribution < 1.29 is 19.6 Å². The molecule has 0 spiro atoms. The van der Waals surface area contributed by atoms with E-state index in [1.54, 1.807) is 37.4 Å². The average Bonchev–Trinajstić information content (AvgIpc) is 3.11. The summed E-state index contributed by atoms with van der Waals surface area (Å²) in [4.78, 5) is 29.5. The molecule has 3 aromatic rings. The van der Waals surface area contributed by atoms with Crippen molar-refractivity contribution in [2.24, 2.45) is 5.92 Å². The Balaban J connectivity index is 1.79. The number of rotatable bonds is 7. The molecule has 3 N–H and O–H groups in total. The number of nitro benzene ring substituents is 1. The molecule has 0 bridgehead atoms. The molecule has 0 saturated carbocycles. The van der Waals surface area contributed by atoms with Gasteiger partial charge in [0.1, 0.15) is 5.65 Å². The zero-order valence-corrected chi connectivity index (χ0v) is 17.7. The van der Waals surface area contributed by atoms with Crippen LogP contribution in [0.5, 0.6) is 5.75 Å². The maximum Gasteiger partial charge on any atom is 0.311 e. The fourth-order valence-corrected chi connectivity index (χ4v) is 4.19. The van der Waals surface area contributed by atoms with Crippen LogP contribution in [0.4, 0.5) is 11.4 Å². The van der Waals surface area contributed by atoms with Gasteiger partial charge in [-0.05, 0) is 50.6 Å². The molecule has 1 aliphatic heterocycles. The van der Waals surface area contributed by atoms with Gasteiger partial charge in [0.15, 0.2) is 5.75 Å². The Kier molecular flexibility index (Phi) is 5.95. The van der Waals surface area contributed by atoms with E-state index in [0.29, 0.717) is 48.7 Å². The molecule has 0 amide bonds. The fourth-order valence-electron chi connectivity index (χ4n) is 4.19.